The molecule has 98 valence electrons. The van der Waals surface area contributed by atoms with Crippen LogP contribution < -0.4 is 5.56 Å². The predicted molar refractivity (Wildman–Crippen MR) is 67.5 cm³/mol. The van der Waals surface area contributed by atoms with Crippen LogP contribution in [0.15, 0.2) is 10.9 Å². The molecule has 0 amide bonds. The van der Waals surface area contributed by atoms with E-state index < -0.39 is 0 Å². The molecular formula is C13H19N3O2. The summed E-state index contributed by atoms with van der Waals surface area (Å²) in [6.45, 7) is 5.30. The van der Waals surface area contributed by atoms with Crippen LogP contribution in [0.3, 0.4) is 0 Å². The summed E-state index contributed by atoms with van der Waals surface area (Å²) < 4.78 is 5.55. The number of aromatic nitrogens is 2. The summed E-state index contributed by atoms with van der Waals surface area (Å²) in [7, 11) is 0. The van der Waals surface area contributed by atoms with Crippen molar-refractivity contribution in [2.75, 3.05) is 26.3 Å². The normalized spacial score (nSPS) is 25.3. The molecule has 0 unspecified atom stereocenters. The summed E-state index contributed by atoms with van der Waals surface area (Å²) in [5.41, 5.74) is 0.769. The molecule has 1 aromatic rings. The molecule has 18 heavy (non-hydrogen) atoms. The van der Waals surface area contributed by atoms with Crippen LogP contribution in [0, 0.1) is 12.8 Å². The number of H-pyrrole nitrogens is 1. The highest BCUT2D eigenvalue weighted by Crippen LogP contribution is 2.33. The van der Waals surface area contributed by atoms with Crippen LogP contribution in [0.4, 0.5) is 0 Å². The zero-order chi connectivity index (χ0) is 12.5. The quantitative estimate of drug-likeness (QED) is 0.863. The van der Waals surface area contributed by atoms with Gasteiger partial charge in [0, 0.05) is 19.2 Å². The Morgan fingerprint density at radius 3 is 3.11 bits per heavy atom. The zero-order valence-electron chi connectivity index (χ0n) is 10.7. The fraction of sp³-hybridized carbons (Fsp3) is 0.692. The Hall–Kier alpha value is -1.20. The van der Waals surface area contributed by atoms with Crippen molar-refractivity contribution in [1.82, 2.24) is 14.9 Å². The lowest BCUT2D eigenvalue weighted by atomic mass is 10.1. The smallest absolute Gasteiger partial charge is 0.251 e. The van der Waals surface area contributed by atoms with E-state index in [1.54, 1.807) is 6.07 Å². The Bertz CT molecular complexity index is 481. The number of hydrogen-bond acceptors (Lipinski definition) is 4. The average Bonchev–Trinajstić information content (AvgIpc) is 3.12. The van der Waals surface area contributed by atoms with Crippen molar-refractivity contribution >= 4 is 0 Å². The molecule has 1 saturated heterocycles. The Labute approximate surface area is 106 Å². The first kappa shape index (κ1) is 11.9. The molecule has 0 radical (unpaired) electrons. The minimum absolute atomic E-state index is 0.0746. The van der Waals surface area contributed by atoms with Gasteiger partial charge in [-0.25, -0.2) is 4.98 Å². The third-order valence-corrected chi connectivity index (χ3v) is 3.65. The monoisotopic (exact) mass is 249 g/mol. The van der Waals surface area contributed by atoms with Gasteiger partial charge in [-0.05, 0) is 25.7 Å². The van der Waals surface area contributed by atoms with Gasteiger partial charge in [-0.1, -0.05) is 0 Å². The van der Waals surface area contributed by atoms with Gasteiger partial charge in [-0.2, -0.15) is 0 Å². The number of nitrogens with one attached hydrogen (secondary N) is 1. The van der Waals surface area contributed by atoms with E-state index in [0.717, 1.165) is 31.3 Å². The highest BCUT2D eigenvalue weighted by molar-refractivity contribution is 5.09. The van der Waals surface area contributed by atoms with Crippen LogP contribution in [0.2, 0.25) is 0 Å². The largest absolute Gasteiger partial charge is 0.378 e. The lowest BCUT2D eigenvalue weighted by Crippen LogP contribution is -2.41. The molecule has 1 N–H and O–H groups in total. The number of ether oxygens (including phenoxy) is 1. The molecule has 3 rings (SSSR count). The molecule has 1 aromatic heterocycles. The van der Waals surface area contributed by atoms with E-state index in [4.69, 9.17) is 4.74 Å². The van der Waals surface area contributed by atoms with Crippen molar-refractivity contribution in [2.45, 2.75) is 25.8 Å². The van der Waals surface area contributed by atoms with Gasteiger partial charge in [0.15, 0.2) is 0 Å². The summed E-state index contributed by atoms with van der Waals surface area (Å²) in [5, 5.41) is 0. The highest BCUT2D eigenvalue weighted by Gasteiger charge is 2.31. The lowest BCUT2D eigenvalue weighted by molar-refractivity contribution is -0.0122. The van der Waals surface area contributed by atoms with Crippen molar-refractivity contribution in [2.24, 2.45) is 5.92 Å². The molecule has 1 aliphatic carbocycles. The minimum Gasteiger partial charge on any atom is -0.378 e. The van der Waals surface area contributed by atoms with Gasteiger partial charge in [0.1, 0.15) is 5.82 Å². The number of nitrogens with zero attached hydrogens (tertiary/aromatic N) is 2. The van der Waals surface area contributed by atoms with Crippen molar-refractivity contribution in [1.29, 1.82) is 0 Å². The second-order valence-electron chi connectivity index (χ2n) is 5.28. The topological polar surface area (TPSA) is 58.2 Å². The Balaban J connectivity index is 1.83. The van der Waals surface area contributed by atoms with Crippen LogP contribution >= 0.6 is 0 Å². The van der Waals surface area contributed by atoms with E-state index in [0.29, 0.717) is 12.4 Å². The molecule has 2 aliphatic rings. The fourth-order valence-corrected chi connectivity index (χ4v) is 2.53. The van der Waals surface area contributed by atoms with Crippen LogP contribution in [0.1, 0.15) is 30.4 Å². The molecule has 0 bridgehead atoms. The first-order valence-electron chi connectivity index (χ1n) is 6.62. The first-order valence-corrected chi connectivity index (χ1v) is 6.62. The summed E-state index contributed by atoms with van der Waals surface area (Å²) in [4.78, 5) is 21.1. The van der Waals surface area contributed by atoms with E-state index in [2.05, 4.69) is 14.9 Å². The van der Waals surface area contributed by atoms with E-state index in [1.165, 1.54) is 12.8 Å². The van der Waals surface area contributed by atoms with Crippen molar-refractivity contribution in [3.8, 4) is 0 Å². The first-order chi connectivity index (χ1) is 8.72. The number of hydrogen-bond donors (Lipinski definition) is 1. The van der Waals surface area contributed by atoms with Gasteiger partial charge >= 0.3 is 0 Å². The molecule has 0 spiro atoms. The molecule has 2 fully saturated rings. The Morgan fingerprint density at radius 1 is 1.56 bits per heavy atom. The maximum atomic E-state index is 11.5. The maximum absolute atomic E-state index is 11.5. The second kappa shape index (κ2) is 4.82. The molecule has 1 atom stereocenters. The van der Waals surface area contributed by atoms with Crippen molar-refractivity contribution in [3.63, 3.8) is 0 Å². The molecule has 5 nitrogen and oxygen atoms in total. The van der Waals surface area contributed by atoms with Crippen molar-refractivity contribution < 1.29 is 4.74 Å². The van der Waals surface area contributed by atoms with Gasteiger partial charge < -0.3 is 9.72 Å². The summed E-state index contributed by atoms with van der Waals surface area (Å²) in [5.74, 6) is 1.52. The zero-order valence-corrected chi connectivity index (χ0v) is 10.7. The third-order valence-electron chi connectivity index (χ3n) is 3.65. The number of rotatable bonds is 3. The van der Waals surface area contributed by atoms with Gasteiger partial charge in [-0.15, -0.1) is 0 Å². The average molecular weight is 249 g/mol. The highest BCUT2D eigenvalue weighted by atomic mass is 16.5. The van der Waals surface area contributed by atoms with Gasteiger partial charge in [0.05, 0.1) is 24.9 Å². The van der Waals surface area contributed by atoms with Crippen LogP contribution in [-0.4, -0.2) is 41.2 Å². The van der Waals surface area contributed by atoms with Crippen LogP contribution in [0.25, 0.3) is 0 Å². The van der Waals surface area contributed by atoms with Crippen molar-refractivity contribution in [3.05, 3.63) is 27.9 Å². The minimum atomic E-state index is -0.0746. The molecular weight excluding hydrogens is 230 g/mol. The molecule has 1 aliphatic heterocycles. The maximum Gasteiger partial charge on any atom is 0.251 e. The van der Waals surface area contributed by atoms with Gasteiger partial charge in [0.2, 0.25) is 0 Å². The van der Waals surface area contributed by atoms with Gasteiger partial charge in [-0.3, -0.25) is 9.69 Å². The Kier molecular flexibility index (Phi) is 3.18. The van der Waals surface area contributed by atoms with E-state index in [1.807, 2.05) is 6.92 Å². The SMILES string of the molecule is Cc1nc([C@H]2COCCN2CC2CC2)cc(=O)[nH]1. The molecule has 2 heterocycles. The summed E-state index contributed by atoms with van der Waals surface area (Å²) in [6, 6.07) is 1.74. The molecule has 1 saturated carbocycles. The number of morpholine rings is 1. The second-order valence-corrected chi connectivity index (χ2v) is 5.28. The fourth-order valence-electron chi connectivity index (χ4n) is 2.53. The lowest BCUT2D eigenvalue weighted by Gasteiger charge is -2.35. The number of aromatic amines is 1. The standard InChI is InChI=1S/C13H19N3O2/c1-9-14-11(6-13(17)15-9)12-8-18-5-4-16(12)7-10-2-3-10/h6,10,12H,2-5,7-8H2,1H3,(H,14,15,17)/t12-/m1/s1. The predicted octanol–water partition coefficient (Wildman–Crippen LogP) is 0.862. The van der Waals surface area contributed by atoms with E-state index in [-0.39, 0.29) is 11.6 Å². The van der Waals surface area contributed by atoms with Crippen LogP contribution in [-0.2, 0) is 4.74 Å². The Morgan fingerprint density at radius 2 is 2.39 bits per heavy atom. The van der Waals surface area contributed by atoms with E-state index >= 15 is 0 Å². The summed E-state index contributed by atoms with van der Waals surface area (Å²) >= 11 is 0. The molecule has 5 heteroatoms. The summed E-state index contributed by atoms with van der Waals surface area (Å²) in [6.07, 6.45) is 2.68. The van der Waals surface area contributed by atoms with E-state index in [9.17, 15) is 4.79 Å². The van der Waals surface area contributed by atoms with Crippen LogP contribution in [0.5, 0.6) is 0 Å². The molecule has 0 aromatic carbocycles. The third kappa shape index (κ3) is 2.62. The van der Waals surface area contributed by atoms with Gasteiger partial charge in [0.25, 0.3) is 5.56 Å². The number of aryl methyl sites for hydroxylation is 1.